The van der Waals surface area contributed by atoms with Gasteiger partial charge in [-0.25, -0.2) is 19.2 Å². The average Bonchev–Trinajstić information content (AvgIpc) is 3.70. The first-order valence-corrected chi connectivity index (χ1v) is 12.7. The van der Waals surface area contributed by atoms with E-state index in [1.165, 1.54) is 0 Å². The SMILES string of the molecule is O=C1O[C@H]([C@@H](O)CO)C([O-])=C1O.O=C1O[C@H]([C@@H](O)CO)C([O-])=C1O.O=C1O[C@H]([C@@H](O)CO)C([O-])=C1O.O=C1O[C@H]([C@@H](O)CO)C([O-])=C1O.[C+4]. The van der Waals surface area contributed by atoms with Crippen LogP contribution in [-0.4, -0.2) is 160 Å². The molecule has 4 heterocycles. The molecule has 0 unspecified atom stereocenters. The van der Waals surface area contributed by atoms with Gasteiger partial charge in [0.15, 0.2) is 23.0 Å². The Balaban J connectivity index is 0.000000623. The Kier molecular flexibility index (Phi) is 17.1. The maximum atomic E-state index is 10.8. The number of carbonyl (C=O) groups is 4. The summed E-state index contributed by atoms with van der Waals surface area (Å²) in [6.45, 7) is -2.85. The summed E-state index contributed by atoms with van der Waals surface area (Å²) >= 11 is 0. The predicted octanol–water partition coefficient (Wildman–Crippen LogP) is -10.3. The first kappa shape index (κ1) is 43.9. The number of carbonyl (C=O) groups excluding carboxylic acids is 4. The third kappa shape index (κ3) is 10.5. The first-order valence-electron chi connectivity index (χ1n) is 12.7. The Labute approximate surface area is 273 Å². The van der Waals surface area contributed by atoms with E-state index in [2.05, 4.69) is 18.9 Å². The number of cyclic esters (lactones) is 4. The molecule has 0 fully saturated rings. The normalized spacial score (nSPS) is 25.3. The molecule has 12 N–H and O–H groups in total. The zero-order valence-corrected chi connectivity index (χ0v) is 24.2. The van der Waals surface area contributed by atoms with Gasteiger partial charge in [-0.05, 0) is 23.0 Å². The van der Waals surface area contributed by atoms with Crippen LogP contribution in [0.2, 0.25) is 0 Å². The van der Waals surface area contributed by atoms with Crippen LogP contribution in [0.15, 0.2) is 46.1 Å². The number of hydrogen-bond donors (Lipinski definition) is 12. The average molecular weight is 712 g/mol. The van der Waals surface area contributed by atoms with Crippen molar-refractivity contribution in [1.29, 1.82) is 0 Å². The van der Waals surface area contributed by atoms with Gasteiger partial charge in [-0.2, -0.15) is 0 Å². The van der Waals surface area contributed by atoms with E-state index in [4.69, 9.17) is 61.3 Å². The summed E-state index contributed by atoms with van der Waals surface area (Å²) in [5.74, 6) is -12.8. The van der Waals surface area contributed by atoms with Crippen molar-refractivity contribution in [1.82, 2.24) is 0 Å². The monoisotopic (exact) mass is 712 g/mol. The third-order valence-electron chi connectivity index (χ3n) is 5.82. The molecule has 0 aliphatic carbocycles. The molecule has 0 bridgehead atoms. The summed E-state index contributed by atoms with van der Waals surface area (Å²) in [7, 11) is 0. The zero-order chi connectivity index (χ0) is 37.2. The molecule has 4 rings (SSSR count). The van der Waals surface area contributed by atoms with Crippen LogP contribution in [0, 0.1) is 7.43 Å². The molecule has 0 spiro atoms. The summed E-state index contributed by atoms with van der Waals surface area (Å²) < 4.78 is 17.0. The predicted molar refractivity (Wildman–Crippen MR) is 134 cm³/mol. The second-order valence-electron chi connectivity index (χ2n) is 9.15. The van der Waals surface area contributed by atoms with Crippen molar-refractivity contribution >= 4 is 23.9 Å². The zero-order valence-electron chi connectivity index (χ0n) is 24.2. The fraction of sp³-hybridized carbons (Fsp3) is 0.480. The van der Waals surface area contributed by atoms with E-state index in [1.54, 1.807) is 0 Å². The number of aliphatic hydroxyl groups is 12. The molecule has 0 aromatic rings. The van der Waals surface area contributed by atoms with E-state index in [0.29, 0.717) is 0 Å². The van der Waals surface area contributed by atoms with Crippen molar-refractivity contribution in [3.8, 4) is 0 Å². The minimum atomic E-state index is -1.48. The molecule has 0 amide bonds. The van der Waals surface area contributed by atoms with Gasteiger partial charge in [-0.15, -0.1) is 0 Å². The van der Waals surface area contributed by atoms with Crippen LogP contribution in [0.3, 0.4) is 0 Å². The van der Waals surface area contributed by atoms with Gasteiger partial charge in [0.25, 0.3) is 0 Å². The van der Waals surface area contributed by atoms with E-state index in [9.17, 15) is 39.6 Å². The summed E-state index contributed by atoms with van der Waals surface area (Å²) in [6, 6.07) is 0. The summed E-state index contributed by atoms with van der Waals surface area (Å²) in [5, 5.41) is 147. The molecular formula is C25H28O24. The third-order valence-corrected chi connectivity index (χ3v) is 5.82. The van der Waals surface area contributed by atoms with Gasteiger partial charge in [0.05, 0.1) is 26.4 Å². The van der Waals surface area contributed by atoms with Gasteiger partial charge in [-0.1, -0.05) is 0 Å². The Morgan fingerprint density at radius 2 is 0.571 bits per heavy atom. The van der Waals surface area contributed by atoms with Gasteiger partial charge < -0.3 is 101 Å². The summed E-state index contributed by atoms with van der Waals surface area (Å²) in [6.07, 6.45) is -11.8. The van der Waals surface area contributed by atoms with E-state index in [1.807, 2.05) is 0 Å². The van der Waals surface area contributed by atoms with Crippen molar-refractivity contribution in [3.05, 3.63) is 53.5 Å². The van der Waals surface area contributed by atoms with Crippen LogP contribution in [-0.2, 0) is 38.1 Å². The van der Waals surface area contributed by atoms with Gasteiger partial charge in [-0.3, -0.25) is 0 Å². The number of ether oxygens (including phenoxy) is 4. The molecule has 8 atom stereocenters. The molecule has 4 aliphatic rings. The topological polar surface area (TPSA) is 440 Å². The Hall–Kier alpha value is -5.08. The van der Waals surface area contributed by atoms with E-state index in [-0.39, 0.29) is 7.43 Å². The van der Waals surface area contributed by atoms with Crippen LogP contribution >= 0.6 is 0 Å². The molecule has 24 heteroatoms. The van der Waals surface area contributed by atoms with E-state index < -0.39 is 145 Å². The summed E-state index contributed by atoms with van der Waals surface area (Å²) in [5.41, 5.74) is 0. The Bertz CT molecular complexity index is 1130. The minimum Gasteiger partial charge on any atom is -0.870 e. The van der Waals surface area contributed by atoms with Crippen molar-refractivity contribution < 1.29 is 120 Å². The molecular weight excluding hydrogens is 684 g/mol. The van der Waals surface area contributed by atoms with Crippen LogP contribution in [0.5, 0.6) is 0 Å². The molecule has 0 saturated carbocycles. The van der Waals surface area contributed by atoms with Crippen LogP contribution < -0.4 is 20.4 Å². The van der Waals surface area contributed by atoms with Gasteiger partial charge in [0, 0.05) is 0 Å². The van der Waals surface area contributed by atoms with Crippen molar-refractivity contribution in [2.45, 2.75) is 48.8 Å². The molecule has 4 aliphatic heterocycles. The van der Waals surface area contributed by atoms with Crippen LogP contribution in [0.25, 0.3) is 0 Å². The molecule has 0 radical (unpaired) electrons. The summed E-state index contributed by atoms with van der Waals surface area (Å²) in [4.78, 5) is 42.0. The van der Waals surface area contributed by atoms with Crippen LogP contribution in [0.1, 0.15) is 0 Å². The van der Waals surface area contributed by atoms with Gasteiger partial charge >= 0.3 is 31.3 Å². The largest absolute Gasteiger partial charge is 4.00 e. The van der Waals surface area contributed by atoms with Crippen LogP contribution in [0.4, 0.5) is 0 Å². The molecule has 0 saturated heterocycles. The quantitative estimate of drug-likeness (QED) is 0.0820. The van der Waals surface area contributed by atoms with Crippen molar-refractivity contribution in [2.75, 3.05) is 26.4 Å². The van der Waals surface area contributed by atoms with Crippen molar-refractivity contribution in [3.63, 3.8) is 0 Å². The molecule has 0 aromatic carbocycles. The number of rotatable bonds is 8. The maximum absolute atomic E-state index is 10.8. The molecule has 0 aromatic heterocycles. The van der Waals surface area contributed by atoms with E-state index in [0.717, 1.165) is 0 Å². The van der Waals surface area contributed by atoms with Gasteiger partial charge in [0.2, 0.25) is 0 Å². The molecule has 272 valence electrons. The maximum Gasteiger partial charge on any atom is 4.00 e. The number of esters is 4. The number of aliphatic hydroxyl groups excluding tert-OH is 12. The van der Waals surface area contributed by atoms with Gasteiger partial charge in [0.1, 0.15) is 48.8 Å². The smallest absolute Gasteiger partial charge is 0.870 e. The molecule has 49 heavy (non-hydrogen) atoms. The minimum absolute atomic E-state index is 0. The Morgan fingerprint density at radius 1 is 0.429 bits per heavy atom. The second-order valence-corrected chi connectivity index (χ2v) is 9.15. The molecule has 24 nitrogen and oxygen atoms in total. The Morgan fingerprint density at radius 3 is 0.653 bits per heavy atom. The van der Waals surface area contributed by atoms with Crippen molar-refractivity contribution in [2.24, 2.45) is 0 Å². The fourth-order valence-corrected chi connectivity index (χ4v) is 3.24. The van der Waals surface area contributed by atoms with E-state index >= 15 is 0 Å². The standard InChI is InChI=1S/4C6H8O6.C/c4*7-1-2(8)5-3(9)4(10)6(11)12-5;/h4*2,5,7-10H,1H2;/q;;;;+4/p-4/t4*2-,5+;/m0000./s1. The first-order chi connectivity index (χ1) is 22.3. The fourth-order valence-electron chi connectivity index (χ4n) is 3.24. The second kappa shape index (κ2) is 19.1. The number of hydrogen-bond acceptors (Lipinski definition) is 24.